The van der Waals surface area contributed by atoms with E-state index in [2.05, 4.69) is 10.6 Å². The van der Waals surface area contributed by atoms with E-state index in [1.54, 1.807) is 76.2 Å². The molecule has 3 heterocycles. The molecule has 3 aliphatic rings. The van der Waals surface area contributed by atoms with E-state index in [1.165, 1.54) is 81.9 Å². The first-order chi connectivity index (χ1) is 34.8. The number of aryl methyl sites for hydroxylation is 2. The number of aliphatic carboxylic acids is 2. The van der Waals surface area contributed by atoms with Gasteiger partial charge in [0.05, 0.1) is 21.5 Å². The van der Waals surface area contributed by atoms with E-state index < -0.39 is 89.6 Å². The molecule has 7 rings (SSSR count). The number of carboxylic acids is 2. The molecule has 0 spiro atoms. The number of sulfonamides is 2. The Balaban J connectivity index is 0.951. The average molecular weight is 1100 g/mol. The van der Waals surface area contributed by atoms with E-state index in [0.717, 1.165) is 19.7 Å². The topological polar surface area (TPSA) is 267 Å². The number of amides is 4. The summed E-state index contributed by atoms with van der Waals surface area (Å²) in [6, 6.07) is 19.2. The summed E-state index contributed by atoms with van der Waals surface area (Å²) in [5, 5.41) is 25.6. The van der Waals surface area contributed by atoms with Gasteiger partial charge in [0.1, 0.15) is 35.7 Å². The number of ether oxygens (including phenoxy) is 2. The Morgan fingerprint density at radius 1 is 0.568 bits per heavy atom. The van der Waals surface area contributed by atoms with Crippen LogP contribution < -0.4 is 20.1 Å². The third-order valence-electron chi connectivity index (χ3n) is 13.0. The second-order valence-corrected chi connectivity index (χ2v) is 26.1. The molecule has 4 amide bonds. The van der Waals surface area contributed by atoms with Gasteiger partial charge in [-0.05, 0) is 89.1 Å². The highest BCUT2D eigenvalue weighted by Crippen LogP contribution is 2.44. The predicted molar refractivity (Wildman–Crippen MR) is 276 cm³/mol. The van der Waals surface area contributed by atoms with Gasteiger partial charge in [-0.2, -0.15) is 8.61 Å². The van der Waals surface area contributed by atoms with Crippen LogP contribution in [-0.2, 0) is 52.1 Å². The molecule has 0 saturated carbocycles. The molecule has 0 bridgehead atoms. The maximum atomic E-state index is 13.9. The molecule has 20 nitrogen and oxygen atoms in total. The SMILES string of the molecule is Cc1ccc(S(=O)(=O)N2CSC(C)(C)[C@H]2C(=O)N[C@@H](Cc2ccccc2OC(=O)N2CCN(C(=O)Oc3ccccc3C[C@H](NC(=O)[C@H]3N(S(=O)(=O)c4ccc(C)cc4)CSC3(C)C)C(=O)O)CC2)C(=O)O)cc1. The summed E-state index contributed by atoms with van der Waals surface area (Å²) >= 11 is 2.49. The van der Waals surface area contributed by atoms with Crippen molar-refractivity contribution in [1.82, 2.24) is 29.0 Å². The minimum absolute atomic E-state index is 0.00229. The van der Waals surface area contributed by atoms with Gasteiger partial charge in [-0.3, -0.25) is 9.59 Å². The minimum atomic E-state index is -4.15. The fourth-order valence-electron chi connectivity index (χ4n) is 8.74. The lowest BCUT2D eigenvalue weighted by atomic mass is 10.0. The maximum Gasteiger partial charge on any atom is 0.415 e. The van der Waals surface area contributed by atoms with Gasteiger partial charge in [0.15, 0.2) is 0 Å². The zero-order valence-electron chi connectivity index (χ0n) is 41.4. The summed E-state index contributed by atoms with van der Waals surface area (Å²) in [6.07, 6.45) is -2.26. The van der Waals surface area contributed by atoms with Crippen molar-refractivity contribution in [2.45, 2.75) is 97.8 Å². The van der Waals surface area contributed by atoms with Crippen molar-refractivity contribution in [2.24, 2.45) is 0 Å². The molecular formula is C50H58N6O14S4. The fourth-order valence-corrected chi connectivity index (χ4v) is 15.1. The van der Waals surface area contributed by atoms with Gasteiger partial charge in [-0.1, -0.05) is 71.8 Å². The number of benzene rings is 4. The smallest absolute Gasteiger partial charge is 0.415 e. The highest BCUT2D eigenvalue weighted by Gasteiger charge is 2.53. The van der Waals surface area contributed by atoms with Crippen molar-refractivity contribution in [3.05, 3.63) is 119 Å². The van der Waals surface area contributed by atoms with Crippen molar-refractivity contribution in [2.75, 3.05) is 37.9 Å². The Morgan fingerprint density at radius 3 is 1.22 bits per heavy atom. The minimum Gasteiger partial charge on any atom is -0.480 e. The van der Waals surface area contributed by atoms with Crippen LogP contribution in [0.15, 0.2) is 107 Å². The lowest BCUT2D eigenvalue weighted by Gasteiger charge is -2.33. The highest BCUT2D eigenvalue weighted by atomic mass is 32.2. The molecule has 74 heavy (non-hydrogen) atoms. The zero-order valence-corrected chi connectivity index (χ0v) is 44.7. The van der Waals surface area contributed by atoms with Gasteiger partial charge < -0.3 is 40.1 Å². The molecule has 0 radical (unpaired) electrons. The summed E-state index contributed by atoms with van der Waals surface area (Å²) in [6.45, 7) is 10.5. The van der Waals surface area contributed by atoms with E-state index >= 15 is 0 Å². The van der Waals surface area contributed by atoms with Crippen LogP contribution in [-0.4, -0.2) is 153 Å². The van der Waals surface area contributed by atoms with Crippen LogP contribution in [0.1, 0.15) is 49.9 Å². The van der Waals surface area contributed by atoms with Crippen LogP contribution in [0.2, 0.25) is 0 Å². The first-order valence-electron chi connectivity index (χ1n) is 23.4. The van der Waals surface area contributed by atoms with Crippen molar-refractivity contribution >= 4 is 79.5 Å². The lowest BCUT2D eigenvalue weighted by Crippen LogP contribution is -2.56. The largest absolute Gasteiger partial charge is 0.480 e. The van der Waals surface area contributed by atoms with E-state index in [-0.39, 0.29) is 83.2 Å². The Morgan fingerprint density at radius 2 is 0.892 bits per heavy atom. The molecule has 3 saturated heterocycles. The van der Waals surface area contributed by atoms with Gasteiger partial charge >= 0.3 is 24.1 Å². The molecule has 4 atom stereocenters. The fraction of sp³-hybridized carbons (Fsp3) is 0.400. The van der Waals surface area contributed by atoms with E-state index in [4.69, 9.17) is 9.47 Å². The highest BCUT2D eigenvalue weighted by molar-refractivity contribution is 8.02. The van der Waals surface area contributed by atoms with Crippen molar-refractivity contribution in [3.8, 4) is 11.5 Å². The number of nitrogens with zero attached hydrogens (tertiary/aromatic N) is 4. The maximum absolute atomic E-state index is 13.9. The second kappa shape index (κ2) is 22.3. The third kappa shape index (κ3) is 12.3. The van der Waals surface area contributed by atoms with Crippen LogP contribution >= 0.6 is 23.5 Å². The molecule has 0 aromatic heterocycles. The predicted octanol–water partition coefficient (Wildman–Crippen LogP) is 4.93. The van der Waals surface area contributed by atoms with Gasteiger partial charge in [-0.25, -0.2) is 36.0 Å². The number of carbonyl (C=O) groups excluding carboxylic acids is 4. The van der Waals surface area contributed by atoms with Crippen LogP contribution in [0.3, 0.4) is 0 Å². The Hall–Kier alpha value is -6.18. The first-order valence-corrected chi connectivity index (χ1v) is 28.3. The average Bonchev–Trinajstić information content (AvgIpc) is 3.87. The number of carbonyl (C=O) groups is 6. The standard InChI is InChI=1S/C50H58N6O14S4/c1-31-15-19-35(20-16-31)73(65,66)55-29-71-49(3,4)41(55)43(57)51-37(45(59)60)27-33-11-7-9-13-39(33)69-47(63)53-23-25-54(26-24-53)48(64)70-40-14-10-8-12-34(40)28-38(46(61)62)52-44(58)42-50(5,6)72-30-56(42)74(67,68)36-21-17-32(2)18-22-36/h7-22,37-38,41-42H,23-30H2,1-6H3,(H,51,57)(H,52,58)(H,59,60)(H,61,62)/t37-,38-,41+,42+/m0/s1. The van der Waals surface area contributed by atoms with E-state index in [0.29, 0.717) is 0 Å². The van der Waals surface area contributed by atoms with Crippen LogP contribution in [0, 0.1) is 13.8 Å². The van der Waals surface area contributed by atoms with E-state index in [1.807, 2.05) is 13.8 Å². The van der Waals surface area contributed by atoms with Crippen molar-refractivity contribution < 1.29 is 65.3 Å². The zero-order chi connectivity index (χ0) is 53.9. The van der Waals surface area contributed by atoms with Gasteiger partial charge in [0.25, 0.3) is 0 Å². The number of para-hydroxylation sites is 2. The molecule has 0 unspecified atom stereocenters. The monoisotopic (exact) mass is 1090 g/mol. The number of thioether (sulfide) groups is 2. The van der Waals surface area contributed by atoms with Crippen molar-refractivity contribution in [3.63, 3.8) is 0 Å². The third-order valence-corrected chi connectivity index (χ3v) is 19.7. The van der Waals surface area contributed by atoms with Crippen LogP contribution in [0.25, 0.3) is 0 Å². The molecule has 4 N–H and O–H groups in total. The Labute approximate surface area is 438 Å². The quantitative estimate of drug-likeness (QED) is 0.116. The number of rotatable bonds is 16. The number of piperazine rings is 1. The first kappa shape index (κ1) is 55.6. The Bertz CT molecular complexity index is 2820. The van der Waals surface area contributed by atoms with Gasteiger partial charge in [-0.15, -0.1) is 23.5 Å². The molecule has 396 valence electrons. The van der Waals surface area contributed by atoms with Crippen LogP contribution in [0.5, 0.6) is 11.5 Å². The molecule has 24 heteroatoms. The van der Waals surface area contributed by atoms with Gasteiger partial charge in [0.2, 0.25) is 31.9 Å². The van der Waals surface area contributed by atoms with Crippen LogP contribution in [0.4, 0.5) is 9.59 Å². The number of hydrogen-bond acceptors (Lipinski definition) is 14. The second-order valence-electron chi connectivity index (χ2n) is 19.1. The summed E-state index contributed by atoms with van der Waals surface area (Å²) in [7, 11) is -8.30. The summed E-state index contributed by atoms with van der Waals surface area (Å²) < 4.78 is 66.8. The lowest BCUT2D eigenvalue weighted by molar-refractivity contribution is -0.142. The molecule has 0 aliphatic carbocycles. The normalized spacial score (nSPS) is 19.8. The van der Waals surface area contributed by atoms with E-state index in [9.17, 15) is 55.8 Å². The molecule has 3 fully saturated rings. The number of hydrogen-bond donors (Lipinski definition) is 4. The molecular weight excluding hydrogens is 1040 g/mol. The number of nitrogens with one attached hydrogen (secondary N) is 2. The summed E-state index contributed by atoms with van der Waals surface area (Å²) in [5.74, 6) is -4.46. The van der Waals surface area contributed by atoms with Gasteiger partial charge in [0, 0.05) is 48.5 Å². The summed E-state index contributed by atoms with van der Waals surface area (Å²) in [5.41, 5.74) is 2.22. The number of carboxylic acid groups (broad SMARTS) is 2. The van der Waals surface area contributed by atoms with Crippen molar-refractivity contribution in [1.29, 1.82) is 0 Å². The molecule has 3 aliphatic heterocycles. The summed E-state index contributed by atoms with van der Waals surface area (Å²) in [4.78, 5) is 82.9. The molecule has 4 aromatic rings. The molecule has 4 aromatic carbocycles. The Kier molecular flexibility index (Phi) is 16.8.